The molecule has 4 aromatic rings. The Morgan fingerprint density at radius 1 is 0.889 bits per heavy atom. The van der Waals surface area contributed by atoms with Gasteiger partial charge in [0, 0.05) is 22.7 Å². The fourth-order valence-electron chi connectivity index (χ4n) is 6.56. The van der Waals surface area contributed by atoms with Crippen LogP contribution < -0.4 is 5.32 Å². The van der Waals surface area contributed by atoms with E-state index in [9.17, 15) is 4.79 Å². The minimum atomic E-state index is 0.0184. The maximum atomic E-state index is 13.2. The number of carbonyl (C=O) groups is 1. The van der Waals surface area contributed by atoms with Crippen LogP contribution in [-0.2, 0) is 0 Å². The Labute approximate surface area is 213 Å². The van der Waals surface area contributed by atoms with Crippen LogP contribution in [0, 0.1) is 16.7 Å². The lowest BCUT2D eigenvalue weighted by atomic mass is 9.69. The Kier molecular flexibility index (Phi) is 5.36. The van der Waals surface area contributed by atoms with Crippen molar-refractivity contribution in [2.45, 2.75) is 46.1 Å². The lowest BCUT2D eigenvalue weighted by molar-refractivity contribution is 0.0826. The number of nitrogens with zero attached hydrogens (tertiary/aromatic N) is 2. The third kappa shape index (κ3) is 3.59. The largest absolute Gasteiger partial charge is 0.349 e. The fraction of sp³-hybridized carbons (Fsp3) is 0.312. The van der Waals surface area contributed by atoms with Crippen LogP contribution in [0.25, 0.3) is 28.2 Å². The Morgan fingerprint density at radius 2 is 1.53 bits per heavy atom. The summed E-state index contributed by atoms with van der Waals surface area (Å²) in [5.41, 5.74) is 6.18. The summed E-state index contributed by atoms with van der Waals surface area (Å²) >= 11 is 0. The molecule has 4 heteroatoms. The van der Waals surface area contributed by atoms with Gasteiger partial charge in [0.2, 0.25) is 0 Å². The number of aromatic nitrogens is 2. The Hall–Kier alpha value is -3.66. The van der Waals surface area contributed by atoms with Crippen molar-refractivity contribution in [3.8, 4) is 28.2 Å². The summed E-state index contributed by atoms with van der Waals surface area (Å²) in [5.74, 6) is 0.718. The molecule has 0 saturated heterocycles. The number of amides is 1. The molecule has 0 aliphatic heterocycles. The minimum Gasteiger partial charge on any atom is -0.349 e. The molecule has 2 bridgehead atoms. The van der Waals surface area contributed by atoms with Gasteiger partial charge in [-0.1, -0.05) is 81.4 Å². The molecule has 36 heavy (non-hydrogen) atoms. The smallest absolute Gasteiger partial charge is 0.251 e. The molecule has 2 fully saturated rings. The molecule has 3 atom stereocenters. The molecule has 1 aromatic heterocycles. The predicted molar refractivity (Wildman–Crippen MR) is 145 cm³/mol. The Balaban J connectivity index is 1.29. The van der Waals surface area contributed by atoms with Crippen molar-refractivity contribution >= 4 is 5.91 Å². The zero-order valence-electron chi connectivity index (χ0n) is 21.2. The molecule has 1 heterocycles. The van der Waals surface area contributed by atoms with Gasteiger partial charge in [-0.2, -0.15) is 5.10 Å². The van der Waals surface area contributed by atoms with Crippen LogP contribution in [0.4, 0.5) is 0 Å². The van der Waals surface area contributed by atoms with Crippen molar-refractivity contribution in [1.82, 2.24) is 15.1 Å². The molecule has 0 radical (unpaired) electrons. The second kappa shape index (κ2) is 8.48. The third-order valence-electron chi connectivity index (χ3n) is 9.32. The molecule has 0 spiro atoms. The lowest BCUT2D eigenvalue weighted by Gasteiger charge is -2.39. The van der Waals surface area contributed by atoms with Crippen LogP contribution in [-0.4, -0.2) is 21.7 Å². The second-order valence-electron chi connectivity index (χ2n) is 11.2. The first-order valence-corrected chi connectivity index (χ1v) is 13.0. The maximum Gasteiger partial charge on any atom is 0.251 e. The van der Waals surface area contributed by atoms with E-state index in [1.54, 1.807) is 0 Å². The van der Waals surface area contributed by atoms with E-state index in [-0.39, 0.29) is 22.8 Å². The topological polar surface area (TPSA) is 46.9 Å². The van der Waals surface area contributed by atoms with E-state index < -0.39 is 0 Å². The van der Waals surface area contributed by atoms with Gasteiger partial charge in [0.1, 0.15) is 0 Å². The van der Waals surface area contributed by atoms with Gasteiger partial charge in [0.15, 0.2) is 0 Å². The van der Waals surface area contributed by atoms with Crippen LogP contribution in [0.5, 0.6) is 0 Å². The second-order valence-corrected chi connectivity index (χ2v) is 11.2. The zero-order valence-corrected chi connectivity index (χ0v) is 21.2. The number of hydrogen-bond acceptors (Lipinski definition) is 2. The van der Waals surface area contributed by atoms with Gasteiger partial charge in [-0.3, -0.25) is 4.79 Å². The minimum absolute atomic E-state index is 0.0184. The monoisotopic (exact) mass is 475 g/mol. The highest BCUT2D eigenvalue weighted by Gasteiger charge is 2.61. The predicted octanol–water partition coefficient (Wildman–Crippen LogP) is 7.15. The molecular weight excluding hydrogens is 442 g/mol. The zero-order chi connectivity index (χ0) is 24.9. The van der Waals surface area contributed by atoms with E-state index in [2.05, 4.69) is 56.4 Å². The van der Waals surface area contributed by atoms with Crippen LogP contribution in [0.15, 0.2) is 91.0 Å². The number of rotatable bonds is 5. The number of fused-ring (bicyclic) bond motifs is 2. The maximum absolute atomic E-state index is 13.2. The average Bonchev–Trinajstić information content (AvgIpc) is 3.50. The number of nitrogens with one attached hydrogen (secondary N) is 1. The van der Waals surface area contributed by atoms with Gasteiger partial charge in [0.25, 0.3) is 5.91 Å². The molecule has 2 aliphatic carbocycles. The van der Waals surface area contributed by atoms with Gasteiger partial charge >= 0.3 is 0 Å². The normalized spacial score (nSPS) is 24.1. The fourth-order valence-corrected chi connectivity index (χ4v) is 6.56. The molecule has 6 rings (SSSR count). The van der Waals surface area contributed by atoms with Crippen molar-refractivity contribution in [3.63, 3.8) is 0 Å². The summed E-state index contributed by atoms with van der Waals surface area (Å²) in [7, 11) is 0. The summed E-state index contributed by atoms with van der Waals surface area (Å²) in [6.45, 7) is 7.12. The van der Waals surface area contributed by atoms with E-state index in [1.165, 1.54) is 12.8 Å². The number of hydrogen-bond donors (Lipinski definition) is 1. The molecular formula is C32H33N3O. The van der Waals surface area contributed by atoms with Gasteiger partial charge in [0.05, 0.1) is 17.1 Å². The molecule has 3 unspecified atom stereocenters. The lowest BCUT2D eigenvalue weighted by Crippen LogP contribution is -2.46. The summed E-state index contributed by atoms with van der Waals surface area (Å²) in [6, 6.07) is 30.7. The van der Waals surface area contributed by atoms with Crippen molar-refractivity contribution < 1.29 is 4.79 Å². The molecule has 2 saturated carbocycles. The number of carbonyl (C=O) groups excluding carboxylic acids is 1. The molecule has 4 nitrogen and oxygen atoms in total. The van der Waals surface area contributed by atoms with Crippen LogP contribution in [0.2, 0.25) is 0 Å². The van der Waals surface area contributed by atoms with Crippen molar-refractivity contribution in [2.24, 2.45) is 16.7 Å². The van der Waals surface area contributed by atoms with Crippen LogP contribution >= 0.6 is 0 Å². The first-order valence-electron chi connectivity index (χ1n) is 13.0. The number of benzene rings is 3. The summed E-state index contributed by atoms with van der Waals surface area (Å²) < 4.78 is 1.97. The molecule has 2 aliphatic rings. The highest BCUT2D eigenvalue weighted by atomic mass is 16.1. The average molecular weight is 476 g/mol. The van der Waals surface area contributed by atoms with Crippen molar-refractivity contribution in [1.29, 1.82) is 0 Å². The highest BCUT2D eigenvalue weighted by molar-refractivity contribution is 5.94. The molecule has 1 N–H and O–H groups in total. The van der Waals surface area contributed by atoms with E-state index in [4.69, 9.17) is 5.10 Å². The van der Waals surface area contributed by atoms with Gasteiger partial charge < -0.3 is 5.32 Å². The quantitative estimate of drug-likeness (QED) is 0.333. The SMILES string of the molecule is CC1(C)C2CCC1(C)C(NC(=O)c1ccc(-n3nc(-c4ccccc4)cc3-c3ccccc3)cc1)C2. The first-order chi connectivity index (χ1) is 17.4. The van der Waals surface area contributed by atoms with Crippen LogP contribution in [0.3, 0.4) is 0 Å². The molecule has 1 amide bonds. The van der Waals surface area contributed by atoms with E-state index in [0.29, 0.717) is 11.5 Å². The molecule has 182 valence electrons. The highest BCUT2D eigenvalue weighted by Crippen LogP contribution is 2.65. The standard InChI is InChI=1S/C32H33N3O/c1-31(2)25-18-19-32(31,3)29(20-25)33-30(36)24-14-16-26(17-15-24)35-28(23-12-8-5-9-13-23)21-27(34-35)22-10-6-4-7-11-22/h4-17,21,25,29H,18-20H2,1-3H3,(H,33,36). The van der Waals surface area contributed by atoms with Crippen LogP contribution in [0.1, 0.15) is 50.4 Å². The van der Waals surface area contributed by atoms with Crippen molar-refractivity contribution in [2.75, 3.05) is 0 Å². The molecule has 3 aromatic carbocycles. The van der Waals surface area contributed by atoms with E-state index in [1.807, 2.05) is 65.3 Å². The summed E-state index contributed by atoms with van der Waals surface area (Å²) in [4.78, 5) is 13.2. The van der Waals surface area contributed by atoms with Gasteiger partial charge in [-0.15, -0.1) is 0 Å². The first kappa shape index (κ1) is 22.8. The summed E-state index contributed by atoms with van der Waals surface area (Å²) in [6.07, 6.45) is 3.56. The van der Waals surface area contributed by atoms with Gasteiger partial charge in [-0.25, -0.2) is 4.68 Å². The van der Waals surface area contributed by atoms with Gasteiger partial charge in [-0.05, 0) is 66.3 Å². The Morgan fingerprint density at radius 3 is 2.11 bits per heavy atom. The summed E-state index contributed by atoms with van der Waals surface area (Å²) in [5, 5.41) is 8.34. The van der Waals surface area contributed by atoms with Crippen molar-refractivity contribution in [3.05, 3.63) is 96.6 Å². The van der Waals surface area contributed by atoms with E-state index in [0.717, 1.165) is 34.6 Å². The van der Waals surface area contributed by atoms with E-state index >= 15 is 0 Å². The Bertz CT molecular complexity index is 1390. The third-order valence-corrected chi connectivity index (χ3v) is 9.32.